The Bertz CT molecular complexity index is 881. The van der Waals surface area contributed by atoms with Crippen LogP contribution in [0.4, 0.5) is 0 Å². The number of ether oxygens (including phenoxy) is 1. The summed E-state index contributed by atoms with van der Waals surface area (Å²) in [6.07, 6.45) is 2.64. The highest BCUT2D eigenvalue weighted by molar-refractivity contribution is 5.81. The lowest BCUT2D eigenvalue weighted by Gasteiger charge is -2.32. The summed E-state index contributed by atoms with van der Waals surface area (Å²) in [4.78, 5) is 12.5. The highest BCUT2D eigenvalue weighted by Crippen LogP contribution is 2.40. The standard InChI is InChI=1S/C21H24N2O2/c1-21(2,20(24)25-4)18(12-15-8-6-5-7-9-15)16-10-11-19-17(13-16)14-22-23(19)3/h5-11,13-14,18H,12H2,1-4H3. The van der Waals surface area contributed by atoms with Crippen LogP contribution in [0.1, 0.15) is 30.9 Å². The summed E-state index contributed by atoms with van der Waals surface area (Å²) < 4.78 is 6.95. The zero-order chi connectivity index (χ0) is 18.0. The second-order valence-corrected chi connectivity index (χ2v) is 7.04. The second kappa shape index (κ2) is 6.71. The highest BCUT2D eigenvalue weighted by atomic mass is 16.5. The van der Waals surface area contributed by atoms with Crippen LogP contribution in [-0.4, -0.2) is 22.9 Å². The van der Waals surface area contributed by atoms with Gasteiger partial charge < -0.3 is 4.74 Å². The van der Waals surface area contributed by atoms with Crippen LogP contribution in [0.15, 0.2) is 54.7 Å². The molecule has 0 fully saturated rings. The number of rotatable bonds is 5. The van der Waals surface area contributed by atoms with Crippen molar-refractivity contribution in [2.45, 2.75) is 26.2 Å². The molecule has 1 unspecified atom stereocenters. The van der Waals surface area contributed by atoms with E-state index >= 15 is 0 Å². The molecule has 0 bridgehead atoms. The number of benzene rings is 2. The van der Waals surface area contributed by atoms with Crippen molar-refractivity contribution < 1.29 is 9.53 Å². The van der Waals surface area contributed by atoms with Gasteiger partial charge in [0.15, 0.2) is 0 Å². The van der Waals surface area contributed by atoms with Gasteiger partial charge in [-0.2, -0.15) is 5.10 Å². The van der Waals surface area contributed by atoms with Gasteiger partial charge in [0, 0.05) is 18.4 Å². The molecular formula is C21H24N2O2. The molecule has 0 aliphatic carbocycles. The van der Waals surface area contributed by atoms with Gasteiger partial charge in [-0.05, 0) is 43.5 Å². The van der Waals surface area contributed by atoms with Gasteiger partial charge in [-0.25, -0.2) is 0 Å². The van der Waals surface area contributed by atoms with Crippen molar-refractivity contribution in [2.75, 3.05) is 7.11 Å². The highest BCUT2D eigenvalue weighted by Gasteiger charge is 2.39. The Kier molecular flexibility index (Phi) is 4.62. The van der Waals surface area contributed by atoms with E-state index in [1.54, 1.807) is 0 Å². The molecule has 0 saturated carbocycles. The molecular weight excluding hydrogens is 312 g/mol. The molecule has 1 atom stereocenters. The third kappa shape index (κ3) is 3.29. The van der Waals surface area contributed by atoms with E-state index in [4.69, 9.17) is 4.74 Å². The summed E-state index contributed by atoms with van der Waals surface area (Å²) in [7, 11) is 3.38. The van der Waals surface area contributed by atoms with Crippen molar-refractivity contribution in [1.82, 2.24) is 9.78 Å². The minimum Gasteiger partial charge on any atom is -0.469 e. The zero-order valence-corrected chi connectivity index (χ0v) is 15.2. The van der Waals surface area contributed by atoms with Gasteiger partial charge in [-0.15, -0.1) is 0 Å². The number of carbonyl (C=O) groups excluding carboxylic acids is 1. The van der Waals surface area contributed by atoms with Gasteiger partial charge in [0.1, 0.15) is 0 Å². The van der Waals surface area contributed by atoms with E-state index in [0.29, 0.717) is 0 Å². The van der Waals surface area contributed by atoms with Gasteiger partial charge in [-0.1, -0.05) is 36.4 Å². The number of aromatic nitrogens is 2. The molecule has 2 aromatic carbocycles. The SMILES string of the molecule is COC(=O)C(C)(C)C(Cc1ccccc1)c1ccc2c(cnn2C)c1. The molecule has 0 N–H and O–H groups in total. The molecule has 130 valence electrons. The number of fused-ring (bicyclic) bond motifs is 1. The van der Waals surface area contributed by atoms with Crippen molar-refractivity contribution in [3.8, 4) is 0 Å². The fraction of sp³-hybridized carbons (Fsp3) is 0.333. The van der Waals surface area contributed by atoms with E-state index in [1.807, 2.05) is 50.0 Å². The number of hydrogen-bond acceptors (Lipinski definition) is 3. The van der Waals surface area contributed by atoms with E-state index in [1.165, 1.54) is 12.7 Å². The normalized spacial score (nSPS) is 13.0. The lowest BCUT2D eigenvalue weighted by Crippen LogP contribution is -2.34. The van der Waals surface area contributed by atoms with Crippen molar-refractivity contribution in [3.63, 3.8) is 0 Å². The first-order valence-corrected chi connectivity index (χ1v) is 8.47. The largest absolute Gasteiger partial charge is 0.469 e. The number of hydrogen-bond donors (Lipinski definition) is 0. The molecule has 3 rings (SSSR count). The molecule has 1 aromatic heterocycles. The Morgan fingerprint density at radius 2 is 1.92 bits per heavy atom. The molecule has 25 heavy (non-hydrogen) atoms. The molecule has 4 nitrogen and oxygen atoms in total. The third-order valence-electron chi connectivity index (χ3n) is 5.04. The van der Waals surface area contributed by atoms with Crippen molar-refractivity contribution in [2.24, 2.45) is 12.5 Å². The van der Waals surface area contributed by atoms with Crippen molar-refractivity contribution in [3.05, 3.63) is 65.9 Å². The van der Waals surface area contributed by atoms with Crippen LogP contribution >= 0.6 is 0 Å². The number of carbonyl (C=O) groups is 1. The molecule has 0 radical (unpaired) electrons. The first-order chi connectivity index (χ1) is 11.9. The molecule has 0 spiro atoms. The van der Waals surface area contributed by atoms with E-state index in [2.05, 4.69) is 35.4 Å². The summed E-state index contributed by atoms with van der Waals surface area (Å²) in [5, 5.41) is 5.40. The smallest absolute Gasteiger partial charge is 0.311 e. The van der Waals surface area contributed by atoms with Crippen LogP contribution < -0.4 is 0 Å². The predicted octanol–water partition coefficient (Wildman–Crippen LogP) is 4.10. The van der Waals surface area contributed by atoms with Gasteiger partial charge >= 0.3 is 5.97 Å². The van der Waals surface area contributed by atoms with Crippen molar-refractivity contribution in [1.29, 1.82) is 0 Å². The van der Waals surface area contributed by atoms with Gasteiger partial charge in [-0.3, -0.25) is 9.48 Å². The molecule has 0 aliphatic rings. The maximum atomic E-state index is 12.5. The molecule has 4 heteroatoms. The van der Waals surface area contributed by atoms with Gasteiger partial charge in [0.25, 0.3) is 0 Å². The van der Waals surface area contributed by atoms with Crippen LogP contribution in [-0.2, 0) is 23.0 Å². The average molecular weight is 336 g/mol. The second-order valence-electron chi connectivity index (χ2n) is 7.04. The third-order valence-corrected chi connectivity index (χ3v) is 5.04. The number of methoxy groups -OCH3 is 1. The zero-order valence-electron chi connectivity index (χ0n) is 15.2. The van der Waals surface area contributed by atoms with Crippen LogP contribution in [0.25, 0.3) is 10.9 Å². The fourth-order valence-electron chi connectivity index (χ4n) is 3.44. The fourth-order valence-corrected chi connectivity index (χ4v) is 3.44. The Balaban J connectivity index is 2.06. The van der Waals surface area contributed by atoms with Crippen LogP contribution in [0, 0.1) is 5.41 Å². The average Bonchev–Trinajstić information content (AvgIpc) is 3.00. The lowest BCUT2D eigenvalue weighted by atomic mass is 9.72. The monoisotopic (exact) mass is 336 g/mol. The number of nitrogens with zero attached hydrogens (tertiary/aromatic N) is 2. The Labute approximate surface area is 148 Å². The van der Waals surface area contributed by atoms with E-state index in [-0.39, 0.29) is 11.9 Å². The van der Waals surface area contributed by atoms with E-state index < -0.39 is 5.41 Å². The first-order valence-electron chi connectivity index (χ1n) is 8.47. The summed E-state index contributed by atoms with van der Waals surface area (Å²) in [6.45, 7) is 3.92. The molecule has 1 heterocycles. The minimum atomic E-state index is -0.638. The quantitative estimate of drug-likeness (QED) is 0.659. The summed E-state index contributed by atoms with van der Waals surface area (Å²) in [5.74, 6) is -0.188. The van der Waals surface area contributed by atoms with Gasteiger partial charge in [0.05, 0.1) is 24.2 Å². The maximum Gasteiger partial charge on any atom is 0.311 e. The van der Waals surface area contributed by atoms with Crippen LogP contribution in [0.2, 0.25) is 0 Å². The summed E-state index contributed by atoms with van der Waals surface area (Å²) >= 11 is 0. The van der Waals surface area contributed by atoms with E-state index in [9.17, 15) is 4.79 Å². The summed E-state index contributed by atoms with van der Waals surface area (Å²) in [5.41, 5.74) is 2.77. The van der Waals surface area contributed by atoms with Crippen LogP contribution in [0.3, 0.4) is 0 Å². The summed E-state index contributed by atoms with van der Waals surface area (Å²) in [6, 6.07) is 16.6. The van der Waals surface area contributed by atoms with Gasteiger partial charge in [0.2, 0.25) is 0 Å². The van der Waals surface area contributed by atoms with Crippen molar-refractivity contribution >= 4 is 16.9 Å². The topological polar surface area (TPSA) is 44.1 Å². The molecule has 0 amide bonds. The predicted molar refractivity (Wildman–Crippen MR) is 99.4 cm³/mol. The maximum absolute atomic E-state index is 12.5. The Morgan fingerprint density at radius 1 is 1.20 bits per heavy atom. The molecule has 0 saturated heterocycles. The first kappa shape index (κ1) is 17.2. The lowest BCUT2D eigenvalue weighted by molar-refractivity contribution is -0.152. The Morgan fingerprint density at radius 3 is 2.60 bits per heavy atom. The number of aryl methyl sites for hydroxylation is 1. The van der Waals surface area contributed by atoms with Crippen LogP contribution in [0.5, 0.6) is 0 Å². The minimum absolute atomic E-state index is 0.00644. The Hall–Kier alpha value is -2.62. The molecule has 0 aliphatic heterocycles. The number of esters is 1. The van der Waals surface area contributed by atoms with E-state index in [0.717, 1.165) is 22.9 Å². The molecule has 3 aromatic rings.